The first-order chi connectivity index (χ1) is 7.00. The molecule has 0 aliphatic carbocycles. The maximum absolute atomic E-state index is 12.8. The number of aliphatic hydroxyl groups is 1. The van der Waals surface area contributed by atoms with Crippen LogP contribution in [0.3, 0.4) is 0 Å². The summed E-state index contributed by atoms with van der Waals surface area (Å²) in [6, 6.07) is 6.57. The van der Waals surface area contributed by atoms with Gasteiger partial charge in [-0.15, -0.1) is 0 Å². The summed E-state index contributed by atoms with van der Waals surface area (Å²) in [5.41, 5.74) is 0.947. The molecule has 0 unspecified atom stereocenters. The molecular formula is C12H16FNO. The Bertz CT molecular complexity index is 341. The number of hydrogen-bond donors (Lipinski definition) is 1. The number of rotatable bonds is 2. The highest BCUT2D eigenvalue weighted by molar-refractivity contribution is 5.24. The van der Waals surface area contributed by atoms with Crippen molar-refractivity contribution in [3.63, 3.8) is 0 Å². The predicted molar refractivity (Wildman–Crippen MR) is 57.0 cm³/mol. The quantitative estimate of drug-likeness (QED) is 0.802. The van der Waals surface area contributed by atoms with Gasteiger partial charge in [-0.1, -0.05) is 12.1 Å². The van der Waals surface area contributed by atoms with Crippen LogP contribution in [0.2, 0.25) is 0 Å². The SMILES string of the molecule is CC(C)(c1ccc(F)cc1)N1CC(O)C1. The van der Waals surface area contributed by atoms with E-state index < -0.39 is 0 Å². The number of aliphatic hydroxyl groups excluding tert-OH is 1. The first-order valence-electron chi connectivity index (χ1n) is 5.19. The lowest BCUT2D eigenvalue weighted by Gasteiger charge is -2.47. The highest BCUT2D eigenvalue weighted by Gasteiger charge is 2.37. The van der Waals surface area contributed by atoms with Gasteiger partial charge in [-0.25, -0.2) is 4.39 Å². The minimum absolute atomic E-state index is 0.132. The maximum Gasteiger partial charge on any atom is 0.123 e. The Labute approximate surface area is 89.3 Å². The number of benzene rings is 1. The molecule has 0 saturated carbocycles. The normalized spacial score (nSPS) is 18.9. The summed E-state index contributed by atoms with van der Waals surface area (Å²) in [5, 5.41) is 9.27. The zero-order valence-electron chi connectivity index (χ0n) is 9.07. The molecule has 82 valence electrons. The molecule has 1 aliphatic rings. The second-order valence-corrected chi connectivity index (χ2v) is 4.62. The smallest absolute Gasteiger partial charge is 0.123 e. The largest absolute Gasteiger partial charge is 0.390 e. The Kier molecular flexibility index (Phi) is 2.52. The molecule has 1 aliphatic heterocycles. The van der Waals surface area contributed by atoms with Crippen molar-refractivity contribution in [2.24, 2.45) is 0 Å². The zero-order chi connectivity index (χ0) is 11.1. The van der Waals surface area contributed by atoms with Gasteiger partial charge in [0.1, 0.15) is 5.82 Å². The molecule has 2 rings (SSSR count). The molecule has 1 aromatic rings. The Morgan fingerprint density at radius 2 is 1.80 bits per heavy atom. The van der Waals surface area contributed by atoms with Crippen LogP contribution in [0.15, 0.2) is 24.3 Å². The van der Waals surface area contributed by atoms with E-state index in [9.17, 15) is 9.50 Å². The summed E-state index contributed by atoms with van der Waals surface area (Å²) < 4.78 is 12.8. The van der Waals surface area contributed by atoms with Gasteiger partial charge >= 0.3 is 0 Å². The number of halogens is 1. The van der Waals surface area contributed by atoms with Crippen molar-refractivity contribution in [2.75, 3.05) is 13.1 Å². The molecule has 0 amide bonds. The molecule has 0 radical (unpaired) electrons. The van der Waals surface area contributed by atoms with E-state index in [2.05, 4.69) is 18.7 Å². The fourth-order valence-corrected chi connectivity index (χ4v) is 1.95. The average molecular weight is 209 g/mol. The lowest BCUT2D eigenvalue weighted by molar-refractivity contribution is -0.0575. The average Bonchev–Trinajstić information content (AvgIpc) is 2.13. The van der Waals surface area contributed by atoms with Crippen molar-refractivity contribution in [1.29, 1.82) is 0 Å². The first kappa shape index (κ1) is 10.6. The van der Waals surface area contributed by atoms with Crippen LogP contribution in [-0.4, -0.2) is 29.2 Å². The number of nitrogens with zero attached hydrogens (tertiary/aromatic N) is 1. The third kappa shape index (κ3) is 1.90. The van der Waals surface area contributed by atoms with Gasteiger partial charge in [0.2, 0.25) is 0 Å². The summed E-state index contributed by atoms with van der Waals surface area (Å²) in [6.45, 7) is 5.58. The zero-order valence-corrected chi connectivity index (χ0v) is 9.07. The number of hydrogen-bond acceptors (Lipinski definition) is 2. The topological polar surface area (TPSA) is 23.5 Å². The second kappa shape index (κ2) is 3.58. The van der Waals surface area contributed by atoms with Crippen molar-refractivity contribution in [3.8, 4) is 0 Å². The molecule has 3 heteroatoms. The van der Waals surface area contributed by atoms with Crippen LogP contribution < -0.4 is 0 Å². The number of likely N-dealkylation sites (tertiary alicyclic amines) is 1. The summed E-state index contributed by atoms with van der Waals surface area (Å²) in [5.74, 6) is -0.210. The summed E-state index contributed by atoms with van der Waals surface area (Å²) in [6.07, 6.45) is -0.204. The Morgan fingerprint density at radius 3 is 2.27 bits per heavy atom. The van der Waals surface area contributed by atoms with Crippen LogP contribution in [0.5, 0.6) is 0 Å². The molecule has 0 atom stereocenters. The van der Waals surface area contributed by atoms with E-state index in [1.165, 1.54) is 12.1 Å². The van der Waals surface area contributed by atoms with Gasteiger partial charge in [0.25, 0.3) is 0 Å². The van der Waals surface area contributed by atoms with Gasteiger partial charge < -0.3 is 5.11 Å². The van der Waals surface area contributed by atoms with Crippen LogP contribution in [-0.2, 0) is 5.54 Å². The van der Waals surface area contributed by atoms with Crippen molar-refractivity contribution in [2.45, 2.75) is 25.5 Å². The molecule has 1 fully saturated rings. The van der Waals surface area contributed by atoms with Gasteiger partial charge in [0.15, 0.2) is 0 Å². The van der Waals surface area contributed by atoms with Gasteiger partial charge in [-0.2, -0.15) is 0 Å². The molecule has 0 spiro atoms. The van der Waals surface area contributed by atoms with Crippen molar-refractivity contribution in [1.82, 2.24) is 4.90 Å². The molecule has 15 heavy (non-hydrogen) atoms. The molecule has 2 nitrogen and oxygen atoms in total. The van der Waals surface area contributed by atoms with Gasteiger partial charge in [0.05, 0.1) is 6.10 Å². The molecule has 0 bridgehead atoms. The van der Waals surface area contributed by atoms with Crippen molar-refractivity contribution in [3.05, 3.63) is 35.6 Å². The first-order valence-corrected chi connectivity index (χ1v) is 5.19. The van der Waals surface area contributed by atoms with Gasteiger partial charge in [-0.3, -0.25) is 4.90 Å². The van der Waals surface area contributed by atoms with Crippen LogP contribution in [0.4, 0.5) is 4.39 Å². The fraction of sp³-hybridized carbons (Fsp3) is 0.500. The Hall–Kier alpha value is -0.930. The molecule has 1 aromatic carbocycles. The van der Waals surface area contributed by atoms with E-state index in [0.717, 1.165) is 5.56 Å². The fourth-order valence-electron chi connectivity index (χ4n) is 1.95. The minimum atomic E-state index is -0.210. The minimum Gasteiger partial charge on any atom is -0.390 e. The highest BCUT2D eigenvalue weighted by atomic mass is 19.1. The van der Waals surface area contributed by atoms with Crippen molar-refractivity contribution >= 4 is 0 Å². The van der Waals surface area contributed by atoms with E-state index in [4.69, 9.17) is 0 Å². The maximum atomic E-state index is 12.8. The van der Waals surface area contributed by atoms with E-state index in [1.807, 2.05) is 0 Å². The number of β-amino-alcohol motifs (C(OH)–C–C–N with tert-alkyl or cyclic N) is 1. The standard InChI is InChI=1S/C12H16FNO/c1-12(2,14-7-11(15)8-14)9-3-5-10(13)6-4-9/h3-6,11,15H,7-8H2,1-2H3. The predicted octanol–water partition coefficient (Wildman–Crippen LogP) is 1.74. The third-order valence-electron chi connectivity index (χ3n) is 3.20. The van der Waals surface area contributed by atoms with Gasteiger partial charge in [0, 0.05) is 18.6 Å². The highest BCUT2D eigenvalue weighted by Crippen LogP contribution is 2.31. The van der Waals surface area contributed by atoms with E-state index in [0.29, 0.717) is 13.1 Å². The van der Waals surface area contributed by atoms with E-state index in [-0.39, 0.29) is 17.5 Å². The summed E-state index contributed by atoms with van der Waals surface area (Å²) in [7, 11) is 0. The van der Waals surface area contributed by atoms with Crippen LogP contribution >= 0.6 is 0 Å². The molecule has 1 saturated heterocycles. The summed E-state index contributed by atoms with van der Waals surface area (Å²) >= 11 is 0. The van der Waals surface area contributed by atoms with E-state index in [1.54, 1.807) is 12.1 Å². The van der Waals surface area contributed by atoms with Gasteiger partial charge in [-0.05, 0) is 31.5 Å². The summed E-state index contributed by atoms with van der Waals surface area (Å²) in [4.78, 5) is 2.19. The Balaban J connectivity index is 2.18. The lowest BCUT2D eigenvalue weighted by Crippen LogP contribution is -2.58. The Morgan fingerprint density at radius 1 is 1.27 bits per heavy atom. The third-order valence-corrected chi connectivity index (χ3v) is 3.20. The monoisotopic (exact) mass is 209 g/mol. The van der Waals surface area contributed by atoms with Crippen LogP contribution in [0.25, 0.3) is 0 Å². The van der Waals surface area contributed by atoms with Crippen LogP contribution in [0.1, 0.15) is 19.4 Å². The van der Waals surface area contributed by atoms with Crippen molar-refractivity contribution < 1.29 is 9.50 Å². The van der Waals surface area contributed by atoms with E-state index >= 15 is 0 Å². The van der Waals surface area contributed by atoms with Crippen LogP contribution in [0, 0.1) is 5.82 Å². The second-order valence-electron chi connectivity index (χ2n) is 4.62. The molecule has 0 aromatic heterocycles. The lowest BCUT2D eigenvalue weighted by atomic mass is 9.89. The molecular weight excluding hydrogens is 193 g/mol. The molecule has 1 N–H and O–H groups in total. The molecule has 1 heterocycles.